The van der Waals surface area contributed by atoms with Crippen molar-refractivity contribution in [3.05, 3.63) is 42.5 Å². The van der Waals surface area contributed by atoms with E-state index in [0.29, 0.717) is 0 Å². The summed E-state index contributed by atoms with van der Waals surface area (Å²) < 4.78 is 5.48. The molecule has 0 bridgehead atoms. The van der Waals surface area contributed by atoms with Crippen molar-refractivity contribution in [2.75, 3.05) is 6.61 Å². The average Bonchev–Trinajstić information content (AvgIpc) is 2.19. The Kier molecular flexibility index (Phi) is 4.77. The van der Waals surface area contributed by atoms with E-state index in [1.54, 1.807) is 0 Å². The molecule has 0 aromatic heterocycles. The molecule has 1 radical (unpaired) electrons. The molecule has 1 rings (SSSR count). The summed E-state index contributed by atoms with van der Waals surface area (Å²) in [5.74, 6) is 0.920. The fourth-order valence-electron chi connectivity index (χ4n) is 0.997. The Morgan fingerprint density at radius 1 is 1.31 bits per heavy atom. The third kappa shape index (κ3) is 4.36. The summed E-state index contributed by atoms with van der Waals surface area (Å²) in [6, 6.07) is 10.5. The molecule has 1 aromatic carbocycles. The van der Waals surface area contributed by atoms with Crippen molar-refractivity contribution < 1.29 is 4.74 Å². The minimum atomic E-state index is 0.751. The van der Waals surface area contributed by atoms with Crippen LogP contribution < -0.4 is 4.74 Å². The maximum Gasteiger partial charge on any atom is 0.119 e. The van der Waals surface area contributed by atoms with E-state index in [1.165, 1.54) is 0 Å². The van der Waals surface area contributed by atoms with Gasteiger partial charge in [0.2, 0.25) is 0 Å². The van der Waals surface area contributed by atoms with Gasteiger partial charge >= 0.3 is 0 Å². The van der Waals surface area contributed by atoms with Gasteiger partial charge in [0.15, 0.2) is 0 Å². The zero-order chi connectivity index (χ0) is 9.36. The Labute approximate surface area is 80.0 Å². The van der Waals surface area contributed by atoms with Crippen molar-refractivity contribution in [3.8, 4) is 5.75 Å². The largest absolute Gasteiger partial charge is 0.493 e. The van der Waals surface area contributed by atoms with Gasteiger partial charge in [-0.05, 0) is 31.0 Å². The third-order valence-electron chi connectivity index (χ3n) is 1.64. The summed E-state index contributed by atoms with van der Waals surface area (Å²) in [4.78, 5) is 0. The smallest absolute Gasteiger partial charge is 0.119 e. The molecule has 0 saturated carbocycles. The lowest BCUT2D eigenvalue weighted by Crippen LogP contribution is -1.94. The van der Waals surface area contributed by atoms with Crippen LogP contribution in [0.3, 0.4) is 0 Å². The summed E-state index contributed by atoms with van der Waals surface area (Å²) in [6.45, 7) is 2.88. The third-order valence-corrected chi connectivity index (χ3v) is 1.64. The second-order valence-electron chi connectivity index (χ2n) is 2.75. The van der Waals surface area contributed by atoms with Gasteiger partial charge in [-0.3, -0.25) is 0 Å². The lowest BCUT2D eigenvalue weighted by Gasteiger charge is -2.02. The molecular formula is C12H15O. The van der Waals surface area contributed by atoms with E-state index in [0.717, 1.165) is 25.2 Å². The fraction of sp³-hybridized carbons (Fsp3) is 0.333. The lowest BCUT2D eigenvalue weighted by molar-refractivity contribution is 0.325. The SMILES string of the molecule is CCC=CCCOc1cc[c]cc1. The van der Waals surface area contributed by atoms with Gasteiger partial charge in [-0.25, -0.2) is 0 Å². The first-order valence-corrected chi connectivity index (χ1v) is 4.67. The monoisotopic (exact) mass is 175 g/mol. The summed E-state index contributed by atoms with van der Waals surface area (Å²) in [5, 5.41) is 0. The van der Waals surface area contributed by atoms with Gasteiger partial charge in [0.25, 0.3) is 0 Å². The number of rotatable bonds is 5. The Hall–Kier alpha value is -1.24. The average molecular weight is 175 g/mol. The van der Waals surface area contributed by atoms with E-state index in [-0.39, 0.29) is 0 Å². The normalized spacial score (nSPS) is 10.5. The molecule has 13 heavy (non-hydrogen) atoms. The molecule has 0 spiro atoms. The molecule has 0 aliphatic heterocycles. The first-order valence-electron chi connectivity index (χ1n) is 4.67. The maximum absolute atomic E-state index is 5.48. The van der Waals surface area contributed by atoms with Crippen molar-refractivity contribution in [3.63, 3.8) is 0 Å². The number of benzene rings is 1. The molecule has 0 aliphatic carbocycles. The molecule has 0 fully saturated rings. The Morgan fingerprint density at radius 3 is 2.77 bits per heavy atom. The summed E-state index contributed by atoms with van der Waals surface area (Å²) >= 11 is 0. The van der Waals surface area contributed by atoms with Gasteiger partial charge < -0.3 is 4.74 Å². The molecule has 0 atom stereocenters. The quantitative estimate of drug-likeness (QED) is 0.493. The van der Waals surface area contributed by atoms with Crippen LogP contribution in [0.15, 0.2) is 36.4 Å². The van der Waals surface area contributed by atoms with Crippen molar-refractivity contribution in [1.29, 1.82) is 0 Å². The highest BCUT2D eigenvalue weighted by Crippen LogP contribution is 2.07. The molecule has 0 heterocycles. The molecule has 0 saturated heterocycles. The lowest BCUT2D eigenvalue weighted by atomic mass is 10.3. The predicted octanol–water partition coefficient (Wildman–Crippen LogP) is 3.22. The van der Waals surface area contributed by atoms with Crippen molar-refractivity contribution in [1.82, 2.24) is 0 Å². The summed E-state index contributed by atoms with van der Waals surface area (Å²) in [5.41, 5.74) is 0. The van der Waals surface area contributed by atoms with Gasteiger partial charge in [-0.1, -0.05) is 31.2 Å². The second-order valence-corrected chi connectivity index (χ2v) is 2.75. The number of ether oxygens (including phenoxy) is 1. The molecule has 0 aliphatic rings. The molecule has 69 valence electrons. The summed E-state index contributed by atoms with van der Waals surface area (Å²) in [6.07, 6.45) is 6.38. The van der Waals surface area contributed by atoms with Crippen LogP contribution in [-0.4, -0.2) is 6.61 Å². The van der Waals surface area contributed by atoms with Crippen LogP contribution in [-0.2, 0) is 0 Å². The minimum absolute atomic E-state index is 0.751. The van der Waals surface area contributed by atoms with E-state index in [1.807, 2.05) is 24.3 Å². The minimum Gasteiger partial charge on any atom is -0.493 e. The van der Waals surface area contributed by atoms with Gasteiger partial charge in [-0.15, -0.1) is 0 Å². The van der Waals surface area contributed by atoms with Crippen molar-refractivity contribution in [2.45, 2.75) is 19.8 Å². The van der Waals surface area contributed by atoms with E-state index in [9.17, 15) is 0 Å². The highest BCUT2D eigenvalue weighted by Gasteiger charge is 1.88. The first-order chi connectivity index (χ1) is 6.43. The van der Waals surface area contributed by atoms with Crippen molar-refractivity contribution in [2.24, 2.45) is 0 Å². The van der Waals surface area contributed by atoms with Crippen LogP contribution in [0.1, 0.15) is 19.8 Å². The topological polar surface area (TPSA) is 9.23 Å². The van der Waals surface area contributed by atoms with Crippen molar-refractivity contribution >= 4 is 0 Å². The van der Waals surface area contributed by atoms with Gasteiger partial charge in [0, 0.05) is 0 Å². The van der Waals surface area contributed by atoms with E-state index >= 15 is 0 Å². The summed E-state index contributed by atoms with van der Waals surface area (Å²) in [7, 11) is 0. The van der Waals surface area contributed by atoms with E-state index in [2.05, 4.69) is 25.1 Å². The van der Waals surface area contributed by atoms with Crippen LogP contribution in [0.2, 0.25) is 0 Å². The Morgan fingerprint density at radius 2 is 2.08 bits per heavy atom. The molecule has 1 nitrogen and oxygen atoms in total. The highest BCUT2D eigenvalue weighted by atomic mass is 16.5. The van der Waals surface area contributed by atoms with Gasteiger partial charge in [-0.2, -0.15) is 0 Å². The van der Waals surface area contributed by atoms with Crippen LogP contribution in [0.5, 0.6) is 5.75 Å². The zero-order valence-electron chi connectivity index (χ0n) is 7.99. The first kappa shape index (κ1) is 9.85. The number of hydrogen-bond donors (Lipinski definition) is 0. The van der Waals surface area contributed by atoms with E-state index in [4.69, 9.17) is 4.74 Å². The van der Waals surface area contributed by atoms with Gasteiger partial charge in [0.1, 0.15) is 5.75 Å². The molecule has 0 amide bonds. The maximum atomic E-state index is 5.48. The van der Waals surface area contributed by atoms with Gasteiger partial charge in [0.05, 0.1) is 6.61 Å². The number of hydrogen-bond acceptors (Lipinski definition) is 1. The predicted molar refractivity (Wildman–Crippen MR) is 54.8 cm³/mol. The Bertz CT molecular complexity index is 239. The molecule has 0 N–H and O–H groups in total. The van der Waals surface area contributed by atoms with E-state index < -0.39 is 0 Å². The molecule has 1 aromatic rings. The Balaban J connectivity index is 2.17. The number of allylic oxidation sites excluding steroid dienone is 1. The molecule has 1 heteroatoms. The van der Waals surface area contributed by atoms with Crippen LogP contribution in [0.25, 0.3) is 0 Å². The van der Waals surface area contributed by atoms with Crippen LogP contribution in [0.4, 0.5) is 0 Å². The standard InChI is InChI=1S/C12H15O/c1-2-3-4-8-11-13-12-9-6-5-7-10-12/h3-4,6-7,9-10H,2,8,11H2,1H3. The zero-order valence-corrected chi connectivity index (χ0v) is 7.99. The van der Waals surface area contributed by atoms with Crippen LogP contribution >= 0.6 is 0 Å². The highest BCUT2D eigenvalue weighted by molar-refractivity contribution is 5.20. The molecule has 0 unspecified atom stereocenters. The second kappa shape index (κ2) is 6.30. The fourth-order valence-corrected chi connectivity index (χ4v) is 0.997. The van der Waals surface area contributed by atoms with Crippen LogP contribution in [0, 0.1) is 6.07 Å². The molecular weight excluding hydrogens is 160 g/mol.